The van der Waals surface area contributed by atoms with E-state index < -0.39 is 0 Å². The molecule has 0 radical (unpaired) electrons. The zero-order valence-corrected chi connectivity index (χ0v) is 12.2. The minimum atomic E-state index is 0.376. The van der Waals surface area contributed by atoms with Gasteiger partial charge in [0.2, 0.25) is 0 Å². The number of hydrogen-bond acceptors (Lipinski definition) is 5. The lowest BCUT2D eigenvalue weighted by molar-refractivity contribution is 0.0986. The molecule has 3 heterocycles. The quantitative estimate of drug-likeness (QED) is 0.864. The van der Waals surface area contributed by atoms with Gasteiger partial charge in [0.1, 0.15) is 11.6 Å². The van der Waals surface area contributed by atoms with Gasteiger partial charge in [0.15, 0.2) is 0 Å². The van der Waals surface area contributed by atoms with Crippen LogP contribution in [0.3, 0.4) is 0 Å². The van der Waals surface area contributed by atoms with Gasteiger partial charge < -0.3 is 9.64 Å². The van der Waals surface area contributed by atoms with Crippen molar-refractivity contribution in [2.24, 2.45) is 0 Å². The van der Waals surface area contributed by atoms with E-state index in [9.17, 15) is 0 Å². The highest BCUT2D eigenvalue weighted by Crippen LogP contribution is 2.29. The van der Waals surface area contributed by atoms with Crippen LogP contribution < -0.4 is 4.90 Å². The Morgan fingerprint density at radius 2 is 2.32 bits per heavy atom. The molecular formula is C14H19N3OS. The zero-order chi connectivity index (χ0) is 13.2. The average molecular weight is 277 g/mol. The number of anilines is 1. The van der Waals surface area contributed by atoms with E-state index in [2.05, 4.69) is 34.5 Å². The summed E-state index contributed by atoms with van der Waals surface area (Å²) >= 11 is 1.70. The van der Waals surface area contributed by atoms with E-state index >= 15 is 0 Å². The molecule has 0 N–H and O–H groups in total. The van der Waals surface area contributed by atoms with Crippen molar-refractivity contribution in [3.05, 3.63) is 16.6 Å². The van der Waals surface area contributed by atoms with Crippen molar-refractivity contribution in [3.8, 4) is 0 Å². The highest BCUT2D eigenvalue weighted by Gasteiger charge is 2.23. The molecular weight excluding hydrogens is 258 g/mol. The van der Waals surface area contributed by atoms with E-state index in [1.807, 2.05) is 0 Å². The second-order valence-electron chi connectivity index (χ2n) is 5.00. The Morgan fingerprint density at radius 3 is 3.11 bits per heavy atom. The SMILES string of the molecule is CCCc1nc(N2CCOCC2C)c2cscc2n1. The van der Waals surface area contributed by atoms with Crippen molar-refractivity contribution in [1.82, 2.24) is 9.97 Å². The number of hydrogen-bond donors (Lipinski definition) is 0. The molecule has 0 spiro atoms. The third kappa shape index (κ3) is 2.44. The Hall–Kier alpha value is -1.20. The average Bonchev–Trinajstić information content (AvgIpc) is 2.87. The van der Waals surface area contributed by atoms with Crippen molar-refractivity contribution in [1.29, 1.82) is 0 Å². The molecule has 4 nitrogen and oxygen atoms in total. The van der Waals surface area contributed by atoms with Gasteiger partial charge in [-0.3, -0.25) is 0 Å². The highest BCUT2D eigenvalue weighted by atomic mass is 32.1. The van der Waals surface area contributed by atoms with Crippen LogP contribution in [0.1, 0.15) is 26.1 Å². The summed E-state index contributed by atoms with van der Waals surface area (Å²) in [6.07, 6.45) is 2.02. The lowest BCUT2D eigenvalue weighted by atomic mass is 10.2. The second-order valence-corrected chi connectivity index (χ2v) is 5.75. The molecule has 1 atom stereocenters. The number of nitrogens with zero attached hydrogens (tertiary/aromatic N) is 3. The van der Waals surface area contributed by atoms with E-state index in [1.165, 1.54) is 5.39 Å². The monoisotopic (exact) mass is 277 g/mol. The maximum absolute atomic E-state index is 5.52. The molecule has 1 aliphatic rings. The highest BCUT2D eigenvalue weighted by molar-refractivity contribution is 7.09. The lowest BCUT2D eigenvalue weighted by Crippen LogP contribution is -2.44. The van der Waals surface area contributed by atoms with E-state index in [4.69, 9.17) is 9.72 Å². The molecule has 19 heavy (non-hydrogen) atoms. The Bertz CT molecular complexity index is 569. The van der Waals surface area contributed by atoms with Gasteiger partial charge in [-0.25, -0.2) is 9.97 Å². The topological polar surface area (TPSA) is 38.2 Å². The smallest absolute Gasteiger partial charge is 0.141 e. The van der Waals surface area contributed by atoms with E-state index in [0.717, 1.165) is 49.8 Å². The number of rotatable bonds is 3. The summed E-state index contributed by atoms with van der Waals surface area (Å²) in [7, 11) is 0. The number of aromatic nitrogens is 2. The van der Waals surface area contributed by atoms with Crippen LogP contribution in [-0.4, -0.2) is 35.8 Å². The summed E-state index contributed by atoms with van der Waals surface area (Å²) in [5.41, 5.74) is 1.08. The lowest BCUT2D eigenvalue weighted by Gasteiger charge is -2.34. The predicted octanol–water partition coefficient (Wildman–Crippen LogP) is 2.87. The van der Waals surface area contributed by atoms with Crippen LogP contribution in [0.4, 0.5) is 5.82 Å². The summed E-state index contributed by atoms with van der Waals surface area (Å²) in [5, 5.41) is 5.45. The Labute approximate surface area is 117 Å². The third-order valence-electron chi connectivity index (χ3n) is 3.48. The summed E-state index contributed by atoms with van der Waals surface area (Å²) < 4.78 is 5.52. The van der Waals surface area contributed by atoms with Crippen molar-refractivity contribution in [2.75, 3.05) is 24.7 Å². The standard InChI is InChI=1S/C14H19N3OS/c1-3-4-13-15-12-9-19-8-11(12)14(16-13)17-5-6-18-7-10(17)2/h8-10H,3-7H2,1-2H3. The number of fused-ring (bicyclic) bond motifs is 1. The van der Waals surface area contributed by atoms with Gasteiger partial charge in [0.05, 0.1) is 30.2 Å². The van der Waals surface area contributed by atoms with Crippen LogP contribution in [0.2, 0.25) is 0 Å². The Kier molecular flexibility index (Phi) is 3.66. The minimum absolute atomic E-state index is 0.376. The maximum Gasteiger partial charge on any atom is 0.141 e. The van der Waals surface area contributed by atoms with Crippen molar-refractivity contribution >= 4 is 28.1 Å². The fourth-order valence-electron chi connectivity index (χ4n) is 2.49. The van der Waals surface area contributed by atoms with Gasteiger partial charge in [-0.1, -0.05) is 6.92 Å². The van der Waals surface area contributed by atoms with Gasteiger partial charge >= 0.3 is 0 Å². The number of morpholine rings is 1. The van der Waals surface area contributed by atoms with Crippen LogP contribution in [0.5, 0.6) is 0 Å². The van der Waals surface area contributed by atoms with Crippen molar-refractivity contribution < 1.29 is 4.74 Å². The maximum atomic E-state index is 5.52. The fourth-order valence-corrected chi connectivity index (χ4v) is 3.23. The normalized spacial score (nSPS) is 20.1. The van der Waals surface area contributed by atoms with Crippen LogP contribution in [-0.2, 0) is 11.2 Å². The predicted molar refractivity (Wildman–Crippen MR) is 79.0 cm³/mol. The van der Waals surface area contributed by atoms with Crippen LogP contribution in [0.25, 0.3) is 10.9 Å². The fraction of sp³-hybridized carbons (Fsp3) is 0.571. The van der Waals surface area contributed by atoms with Gasteiger partial charge in [0, 0.05) is 23.7 Å². The van der Waals surface area contributed by atoms with Gasteiger partial charge in [0.25, 0.3) is 0 Å². The van der Waals surface area contributed by atoms with Gasteiger partial charge in [-0.2, -0.15) is 0 Å². The summed E-state index contributed by atoms with van der Waals surface area (Å²) in [4.78, 5) is 11.8. The molecule has 0 bridgehead atoms. The number of aryl methyl sites for hydroxylation is 1. The van der Waals surface area contributed by atoms with Crippen LogP contribution >= 0.6 is 11.3 Å². The van der Waals surface area contributed by atoms with Crippen molar-refractivity contribution in [2.45, 2.75) is 32.7 Å². The first-order chi connectivity index (χ1) is 9.29. The molecule has 5 heteroatoms. The first kappa shape index (κ1) is 12.8. The number of thiophene rings is 1. The first-order valence-electron chi connectivity index (χ1n) is 6.86. The van der Waals surface area contributed by atoms with Gasteiger partial charge in [-0.15, -0.1) is 11.3 Å². The molecule has 3 rings (SSSR count). The van der Waals surface area contributed by atoms with E-state index in [1.54, 1.807) is 11.3 Å². The van der Waals surface area contributed by atoms with Gasteiger partial charge in [-0.05, 0) is 13.3 Å². The van der Waals surface area contributed by atoms with Crippen LogP contribution in [0.15, 0.2) is 10.8 Å². The van der Waals surface area contributed by atoms with Crippen molar-refractivity contribution in [3.63, 3.8) is 0 Å². The second kappa shape index (κ2) is 5.43. The molecule has 1 fully saturated rings. The summed E-state index contributed by atoms with van der Waals surface area (Å²) in [6, 6.07) is 0.376. The molecule has 102 valence electrons. The molecule has 1 aliphatic heterocycles. The molecule has 0 aromatic carbocycles. The molecule has 1 unspecified atom stereocenters. The molecule has 0 amide bonds. The molecule has 1 saturated heterocycles. The van der Waals surface area contributed by atoms with E-state index in [0.29, 0.717) is 6.04 Å². The molecule has 0 saturated carbocycles. The van der Waals surface area contributed by atoms with E-state index in [-0.39, 0.29) is 0 Å². The number of ether oxygens (including phenoxy) is 1. The summed E-state index contributed by atoms with van der Waals surface area (Å²) in [5.74, 6) is 2.05. The molecule has 0 aliphatic carbocycles. The largest absolute Gasteiger partial charge is 0.377 e. The first-order valence-corrected chi connectivity index (χ1v) is 7.81. The Morgan fingerprint density at radius 1 is 1.42 bits per heavy atom. The molecule has 2 aromatic rings. The minimum Gasteiger partial charge on any atom is -0.377 e. The molecule has 2 aromatic heterocycles. The Balaban J connectivity index is 2.06. The third-order valence-corrected chi connectivity index (χ3v) is 4.21. The van der Waals surface area contributed by atoms with Crippen LogP contribution in [0, 0.1) is 0 Å². The summed E-state index contributed by atoms with van der Waals surface area (Å²) in [6.45, 7) is 6.83. The zero-order valence-electron chi connectivity index (χ0n) is 11.4.